The molecule has 0 saturated heterocycles. The van der Waals surface area contributed by atoms with Crippen molar-refractivity contribution in [3.05, 3.63) is 58.9 Å². The smallest absolute Gasteiger partial charge is 0.0411 e. The van der Waals surface area contributed by atoms with Crippen molar-refractivity contribution in [1.82, 2.24) is 4.57 Å². The molecule has 1 heterocycles. The van der Waals surface area contributed by atoms with E-state index in [1.807, 2.05) is 0 Å². The molecule has 2 aliphatic carbocycles. The van der Waals surface area contributed by atoms with Crippen LogP contribution in [0, 0.1) is 6.92 Å². The van der Waals surface area contributed by atoms with Gasteiger partial charge in [-0.3, -0.25) is 0 Å². The molecule has 4 rings (SSSR count). The van der Waals surface area contributed by atoms with Crippen LogP contribution in [0.1, 0.15) is 59.8 Å². The number of aryl methyl sites for hydroxylation is 1. The summed E-state index contributed by atoms with van der Waals surface area (Å²) >= 11 is 0. The van der Waals surface area contributed by atoms with Gasteiger partial charge in [0.2, 0.25) is 0 Å². The fourth-order valence-corrected chi connectivity index (χ4v) is 3.95. The zero-order valence-electron chi connectivity index (χ0n) is 12.0. The van der Waals surface area contributed by atoms with Gasteiger partial charge in [-0.2, -0.15) is 0 Å². The second-order valence-corrected chi connectivity index (χ2v) is 6.38. The summed E-state index contributed by atoms with van der Waals surface area (Å²) < 4.78 is 2.59. The molecule has 1 saturated carbocycles. The van der Waals surface area contributed by atoms with Gasteiger partial charge < -0.3 is 10.3 Å². The molecule has 0 aliphatic heterocycles. The van der Waals surface area contributed by atoms with Crippen molar-refractivity contribution in [2.45, 2.75) is 50.6 Å². The third kappa shape index (κ3) is 1.82. The highest BCUT2D eigenvalue weighted by Gasteiger charge is 2.42. The van der Waals surface area contributed by atoms with E-state index in [1.165, 1.54) is 41.8 Å². The second kappa shape index (κ2) is 4.49. The van der Waals surface area contributed by atoms with Crippen molar-refractivity contribution in [2.75, 3.05) is 0 Å². The first-order chi connectivity index (χ1) is 9.75. The molecule has 1 fully saturated rings. The Bertz CT molecular complexity index is 626. The Kier molecular flexibility index (Phi) is 2.74. The van der Waals surface area contributed by atoms with Crippen molar-refractivity contribution in [1.29, 1.82) is 0 Å². The minimum absolute atomic E-state index is 0.257. The first-order valence-corrected chi connectivity index (χ1v) is 7.77. The van der Waals surface area contributed by atoms with Crippen LogP contribution in [0.15, 0.2) is 36.4 Å². The fourth-order valence-electron chi connectivity index (χ4n) is 3.95. The number of benzene rings is 1. The number of aromatic nitrogens is 1. The first-order valence-electron chi connectivity index (χ1n) is 7.77. The Morgan fingerprint density at radius 2 is 2.00 bits per heavy atom. The molecule has 2 nitrogen and oxygen atoms in total. The summed E-state index contributed by atoms with van der Waals surface area (Å²) in [5, 5.41) is 0. The van der Waals surface area contributed by atoms with E-state index in [-0.39, 0.29) is 6.04 Å². The van der Waals surface area contributed by atoms with Crippen LogP contribution < -0.4 is 5.73 Å². The predicted octanol–water partition coefficient (Wildman–Crippen LogP) is 3.86. The Hall–Kier alpha value is -1.54. The molecule has 1 aromatic heterocycles. The van der Waals surface area contributed by atoms with Crippen LogP contribution in [-0.4, -0.2) is 4.57 Å². The second-order valence-electron chi connectivity index (χ2n) is 6.38. The first kappa shape index (κ1) is 12.2. The molecule has 2 N–H and O–H groups in total. The summed E-state index contributed by atoms with van der Waals surface area (Å²) in [5.41, 5.74) is 12.1. The van der Waals surface area contributed by atoms with Crippen LogP contribution in [0.4, 0.5) is 0 Å². The minimum atomic E-state index is 0.257. The molecule has 2 aliphatic rings. The lowest BCUT2D eigenvalue weighted by Gasteiger charge is -2.21. The van der Waals surface area contributed by atoms with E-state index in [0.717, 1.165) is 6.42 Å². The predicted molar refractivity (Wildman–Crippen MR) is 81.9 cm³/mol. The highest BCUT2D eigenvalue weighted by Crippen LogP contribution is 2.53. The molecule has 0 spiro atoms. The summed E-state index contributed by atoms with van der Waals surface area (Å²) in [6.45, 7) is 2.24. The highest BCUT2D eigenvalue weighted by molar-refractivity contribution is 5.36. The molecule has 3 unspecified atom stereocenters. The molecule has 0 amide bonds. The van der Waals surface area contributed by atoms with Crippen molar-refractivity contribution in [3.8, 4) is 0 Å². The van der Waals surface area contributed by atoms with Crippen LogP contribution >= 0.6 is 0 Å². The average molecular weight is 266 g/mol. The van der Waals surface area contributed by atoms with Gasteiger partial charge in [-0.25, -0.2) is 0 Å². The number of hydrogen-bond acceptors (Lipinski definition) is 1. The van der Waals surface area contributed by atoms with Gasteiger partial charge in [-0.15, -0.1) is 0 Å². The Morgan fingerprint density at radius 3 is 2.80 bits per heavy atom. The van der Waals surface area contributed by atoms with E-state index in [2.05, 4.69) is 47.9 Å². The number of fused-ring (bicyclic) bond motifs is 1. The van der Waals surface area contributed by atoms with Crippen LogP contribution in [0.2, 0.25) is 0 Å². The van der Waals surface area contributed by atoms with E-state index in [4.69, 9.17) is 5.73 Å². The molecular formula is C18H22N2. The normalized spacial score (nSPS) is 28.2. The zero-order chi connectivity index (χ0) is 13.7. The molecule has 2 heteroatoms. The van der Waals surface area contributed by atoms with Crippen LogP contribution in [0.3, 0.4) is 0 Å². The molecule has 0 radical (unpaired) electrons. The van der Waals surface area contributed by atoms with Gasteiger partial charge in [0.1, 0.15) is 0 Å². The molecule has 2 aromatic rings. The molecule has 3 atom stereocenters. The van der Waals surface area contributed by atoms with Gasteiger partial charge in [0.15, 0.2) is 0 Å². The van der Waals surface area contributed by atoms with Crippen molar-refractivity contribution >= 4 is 0 Å². The van der Waals surface area contributed by atoms with E-state index in [0.29, 0.717) is 12.0 Å². The number of nitrogens with zero attached hydrogens (tertiary/aromatic N) is 1. The largest absolute Gasteiger partial charge is 0.345 e. The third-order valence-electron chi connectivity index (χ3n) is 5.01. The van der Waals surface area contributed by atoms with E-state index in [1.54, 1.807) is 0 Å². The van der Waals surface area contributed by atoms with Gasteiger partial charge in [0, 0.05) is 29.4 Å². The van der Waals surface area contributed by atoms with E-state index >= 15 is 0 Å². The number of hydrogen-bond donors (Lipinski definition) is 1. The summed E-state index contributed by atoms with van der Waals surface area (Å²) in [4.78, 5) is 0. The Morgan fingerprint density at radius 1 is 1.20 bits per heavy atom. The van der Waals surface area contributed by atoms with Gasteiger partial charge in [0.25, 0.3) is 0 Å². The van der Waals surface area contributed by atoms with E-state index < -0.39 is 0 Å². The molecule has 104 valence electrons. The lowest BCUT2D eigenvalue weighted by molar-refractivity contribution is 0.537. The maximum Gasteiger partial charge on any atom is 0.0411 e. The van der Waals surface area contributed by atoms with Crippen LogP contribution in [0.5, 0.6) is 0 Å². The van der Waals surface area contributed by atoms with Crippen molar-refractivity contribution in [2.24, 2.45) is 5.73 Å². The van der Waals surface area contributed by atoms with Gasteiger partial charge >= 0.3 is 0 Å². The molecule has 0 bridgehead atoms. The molecular weight excluding hydrogens is 244 g/mol. The molecule has 1 aromatic carbocycles. The van der Waals surface area contributed by atoms with Crippen LogP contribution in [-0.2, 0) is 6.42 Å². The number of rotatable bonds is 2. The summed E-state index contributed by atoms with van der Waals surface area (Å²) in [7, 11) is 0. The zero-order valence-corrected chi connectivity index (χ0v) is 12.0. The number of nitrogens with two attached hydrogens (primary N) is 1. The third-order valence-corrected chi connectivity index (χ3v) is 5.01. The minimum Gasteiger partial charge on any atom is -0.345 e. The topological polar surface area (TPSA) is 30.9 Å². The quantitative estimate of drug-likeness (QED) is 0.879. The average Bonchev–Trinajstić information content (AvgIpc) is 3.17. The fraction of sp³-hybridized carbons (Fsp3) is 0.444. The summed E-state index contributed by atoms with van der Waals surface area (Å²) in [5.74, 6) is 0.699. The molecule has 20 heavy (non-hydrogen) atoms. The standard InChI is InChI=1S/C18H22N2/c1-12-10-15-16(19)8-5-9-17(15)20(12)18-11-14(18)13-6-3-2-4-7-13/h2-4,6-7,10,14,16,18H,5,8-9,11,19H2,1H3. The maximum atomic E-state index is 6.28. The summed E-state index contributed by atoms with van der Waals surface area (Å²) in [6, 6.07) is 14.2. The summed E-state index contributed by atoms with van der Waals surface area (Å²) in [6.07, 6.45) is 4.86. The van der Waals surface area contributed by atoms with Gasteiger partial charge in [-0.05, 0) is 49.8 Å². The lowest BCUT2D eigenvalue weighted by Crippen LogP contribution is -2.18. The van der Waals surface area contributed by atoms with Gasteiger partial charge in [-0.1, -0.05) is 30.3 Å². The lowest BCUT2D eigenvalue weighted by atomic mass is 9.93. The maximum absolute atomic E-state index is 6.28. The van der Waals surface area contributed by atoms with Crippen LogP contribution in [0.25, 0.3) is 0 Å². The SMILES string of the molecule is Cc1cc2c(n1C1CC1c1ccccc1)CCCC2N. The highest BCUT2D eigenvalue weighted by atomic mass is 15.1. The van der Waals surface area contributed by atoms with E-state index in [9.17, 15) is 0 Å². The van der Waals surface area contributed by atoms with Crippen molar-refractivity contribution < 1.29 is 0 Å². The Labute approximate surface area is 120 Å². The van der Waals surface area contributed by atoms with Crippen molar-refractivity contribution in [3.63, 3.8) is 0 Å². The monoisotopic (exact) mass is 266 g/mol. The van der Waals surface area contributed by atoms with Gasteiger partial charge in [0.05, 0.1) is 0 Å². The Balaban J connectivity index is 1.68.